The summed E-state index contributed by atoms with van der Waals surface area (Å²) in [6.45, 7) is 9.70. The van der Waals surface area contributed by atoms with Gasteiger partial charge in [-0.05, 0) is 57.8 Å². The molecule has 0 spiro atoms. The lowest BCUT2D eigenvalue weighted by Gasteiger charge is -2.17. The van der Waals surface area contributed by atoms with Gasteiger partial charge in [0.25, 0.3) is 0 Å². The van der Waals surface area contributed by atoms with Crippen LogP contribution in [-0.4, -0.2) is 49.3 Å². The minimum Gasteiger partial charge on any atom is -0.493 e. The van der Waals surface area contributed by atoms with E-state index in [1.54, 1.807) is 7.11 Å². The molecule has 0 aliphatic carbocycles. The summed E-state index contributed by atoms with van der Waals surface area (Å²) in [7, 11) is 1.68. The van der Waals surface area contributed by atoms with Gasteiger partial charge in [0.05, 0.1) is 32.4 Å². The van der Waals surface area contributed by atoms with Gasteiger partial charge in [-0.2, -0.15) is 0 Å². The zero-order valence-corrected chi connectivity index (χ0v) is 17.2. The lowest BCUT2D eigenvalue weighted by molar-refractivity contribution is 0.135. The molecule has 152 valence electrons. The van der Waals surface area contributed by atoms with Crippen LogP contribution in [0, 0.1) is 0 Å². The summed E-state index contributed by atoms with van der Waals surface area (Å²) in [5.74, 6) is 2.43. The number of rotatable bonds is 8. The van der Waals surface area contributed by atoms with Crippen LogP contribution in [0.25, 0.3) is 10.9 Å². The predicted octanol–water partition coefficient (Wildman–Crippen LogP) is 3.96. The van der Waals surface area contributed by atoms with Crippen LogP contribution in [0.4, 0.5) is 5.82 Å². The van der Waals surface area contributed by atoms with Crippen molar-refractivity contribution in [2.75, 3.05) is 38.7 Å². The largest absolute Gasteiger partial charge is 0.493 e. The summed E-state index contributed by atoms with van der Waals surface area (Å²) < 4.78 is 17.5. The molecule has 0 atom stereocenters. The summed E-state index contributed by atoms with van der Waals surface area (Å²) in [6, 6.07) is 4.37. The van der Waals surface area contributed by atoms with E-state index in [0.717, 1.165) is 46.7 Å². The van der Waals surface area contributed by atoms with E-state index in [1.807, 2.05) is 6.07 Å². The molecule has 6 nitrogen and oxygen atoms in total. The van der Waals surface area contributed by atoms with Crippen LogP contribution in [0.2, 0.25) is 0 Å². The number of anilines is 1. The average molecular weight is 386 g/mol. The van der Waals surface area contributed by atoms with E-state index in [1.165, 1.54) is 31.5 Å². The Labute approximate surface area is 167 Å². The van der Waals surface area contributed by atoms with E-state index < -0.39 is 0 Å². The number of nitrogens with zero attached hydrogens (tertiary/aromatic N) is 2. The van der Waals surface area contributed by atoms with Gasteiger partial charge in [0.2, 0.25) is 0 Å². The third-order valence-electron chi connectivity index (χ3n) is 5.48. The van der Waals surface area contributed by atoms with Gasteiger partial charge in [0.15, 0.2) is 11.5 Å². The fourth-order valence-electron chi connectivity index (χ4n) is 4.09. The van der Waals surface area contributed by atoms with Crippen molar-refractivity contribution in [3.8, 4) is 11.5 Å². The van der Waals surface area contributed by atoms with Gasteiger partial charge in [-0.25, -0.2) is 4.98 Å². The third kappa shape index (κ3) is 4.03. The zero-order valence-electron chi connectivity index (χ0n) is 17.2. The standard InChI is InChI=1S/C22H31N3O3/c1-15(2)23-22-18-14-27-13-17(18)16-11-21(20(26-3)12-19(16)24-22)28-10-6-9-25-7-4-5-8-25/h11-12,15H,4-10,13-14H2,1-3H3,(H,23,24). The first-order valence-electron chi connectivity index (χ1n) is 10.4. The molecule has 4 rings (SSSR count). The maximum atomic E-state index is 6.11. The van der Waals surface area contributed by atoms with Gasteiger partial charge in [-0.15, -0.1) is 0 Å². The molecule has 0 bridgehead atoms. The normalized spacial score (nSPS) is 16.7. The molecule has 0 saturated carbocycles. The second-order valence-corrected chi connectivity index (χ2v) is 7.98. The highest BCUT2D eigenvalue weighted by Gasteiger charge is 2.22. The first-order valence-corrected chi connectivity index (χ1v) is 10.4. The smallest absolute Gasteiger partial charge is 0.162 e. The average Bonchev–Trinajstić information content (AvgIpc) is 3.36. The Bertz CT molecular complexity index is 832. The van der Waals surface area contributed by atoms with Crippen LogP contribution in [0.3, 0.4) is 0 Å². The van der Waals surface area contributed by atoms with Gasteiger partial charge in [0.1, 0.15) is 5.82 Å². The van der Waals surface area contributed by atoms with Gasteiger partial charge in [-0.1, -0.05) is 0 Å². The number of aromatic nitrogens is 1. The molecule has 1 aromatic heterocycles. The Morgan fingerprint density at radius 2 is 1.93 bits per heavy atom. The van der Waals surface area contributed by atoms with Crippen LogP contribution in [0.1, 0.15) is 44.2 Å². The second-order valence-electron chi connectivity index (χ2n) is 7.98. The maximum Gasteiger partial charge on any atom is 0.162 e. The topological polar surface area (TPSA) is 55.8 Å². The van der Waals surface area contributed by atoms with Crippen LogP contribution in [0.5, 0.6) is 11.5 Å². The zero-order chi connectivity index (χ0) is 19.5. The SMILES string of the molecule is COc1cc2nc(NC(C)C)c3c(c2cc1OCCCN1CCCC1)COC3. The van der Waals surface area contributed by atoms with Crippen molar-refractivity contribution in [1.29, 1.82) is 0 Å². The molecule has 0 unspecified atom stereocenters. The number of benzene rings is 1. The molecular formula is C22H31N3O3. The van der Waals surface area contributed by atoms with Crippen molar-refractivity contribution < 1.29 is 14.2 Å². The van der Waals surface area contributed by atoms with Crippen LogP contribution in [-0.2, 0) is 18.0 Å². The van der Waals surface area contributed by atoms with Crippen LogP contribution in [0.15, 0.2) is 12.1 Å². The van der Waals surface area contributed by atoms with Crippen molar-refractivity contribution in [3.63, 3.8) is 0 Å². The summed E-state index contributed by atoms with van der Waals surface area (Å²) in [5.41, 5.74) is 3.28. The lowest BCUT2D eigenvalue weighted by Crippen LogP contribution is -2.21. The van der Waals surface area contributed by atoms with E-state index in [-0.39, 0.29) is 0 Å². The molecule has 2 aromatic rings. The number of ether oxygens (including phenoxy) is 3. The van der Waals surface area contributed by atoms with E-state index in [2.05, 4.69) is 30.1 Å². The Kier molecular flexibility index (Phi) is 5.87. The van der Waals surface area contributed by atoms with Crippen molar-refractivity contribution >= 4 is 16.7 Å². The fourth-order valence-corrected chi connectivity index (χ4v) is 4.09. The Morgan fingerprint density at radius 1 is 1.14 bits per heavy atom. The minimum atomic E-state index is 0.315. The summed E-state index contributed by atoms with van der Waals surface area (Å²) in [5, 5.41) is 4.54. The molecule has 1 aromatic carbocycles. The molecule has 0 radical (unpaired) electrons. The highest BCUT2D eigenvalue weighted by atomic mass is 16.5. The van der Waals surface area contributed by atoms with Crippen molar-refractivity contribution in [2.45, 2.75) is 52.4 Å². The van der Waals surface area contributed by atoms with Crippen molar-refractivity contribution in [1.82, 2.24) is 9.88 Å². The van der Waals surface area contributed by atoms with E-state index in [9.17, 15) is 0 Å². The predicted molar refractivity (Wildman–Crippen MR) is 111 cm³/mol. The summed E-state index contributed by atoms with van der Waals surface area (Å²) >= 11 is 0. The van der Waals surface area contributed by atoms with Gasteiger partial charge in [-0.3, -0.25) is 0 Å². The Morgan fingerprint density at radius 3 is 2.68 bits per heavy atom. The highest BCUT2D eigenvalue weighted by molar-refractivity contribution is 5.89. The lowest BCUT2D eigenvalue weighted by atomic mass is 10.0. The molecule has 0 amide bonds. The number of hydrogen-bond acceptors (Lipinski definition) is 6. The molecule has 2 aliphatic rings. The number of likely N-dealkylation sites (tertiary alicyclic amines) is 1. The maximum absolute atomic E-state index is 6.11. The number of pyridine rings is 1. The number of methoxy groups -OCH3 is 1. The molecule has 2 aliphatic heterocycles. The van der Waals surface area contributed by atoms with E-state index in [0.29, 0.717) is 25.9 Å². The second kappa shape index (κ2) is 8.53. The van der Waals surface area contributed by atoms with Crippen LogP contribution >= 0.6 is 0 Å². The van der Waals surface area contributed by atoms with Crippen LogP contribution < -0.4 is 14.8 Å². The molecular weight excluding hydrogens is 354 g/mol. The van der Waals surface area contributed by atoms with E-state index >= 15 is 0 Å². The first kappa shape index (κ1) is 19.3. The van der Waals surface area contributed by atoms with Crippen molar-refractivity contribution in [2.24, 2.45) is 0 Å². The summed E-state index contributed by atoms with van der Waals surface area (Å²) in [4.78, 5) is 7.36. The molecule has 1 N–H and O–H groups in total. The third-order valence-corrected chi connectivity index (χ3v) is 5.48. The molecule has 6 heteroatoms. The van der Waals surface area contributed by atoms with Gasteiger partial charge >= 0.3 is 0 Å². The number of hydrogen-bond donors (Lipinski definition) is 1. The molecule has 1 saturated heterocycles. The van der Waals surface area contributed by atoms with Gasteiger partial charge < -0.3 is 24.4 Å². The quantitative estimate of drug-likeness (QED) is 0.694. The molecule has 3 heterocycles. The first-order chi connectivity index (χ1) is 13.7. The summed E-state index contributed by atoms with van der Waals surface area (Å²) in [6.07, 6.45) is 3.68. The minimum absolute atomic E-state index is 0.315. The monoisotopic (exact) mass is 385 g/mol. The molecule has 1 fully saturated rings. The van der Waals surface area contributed by atoms with Gasteiger partial charge in [0, 0.05) is 29.6 Å². The fraction of sp³-hybridized carbons (Fsp3) is 0.591. The number of fused-ring (bicyclic) bond motifs is 3. The number of nitrogens with one attached hydrogen (secondary N) is 1. The highest BCUT2D eigenvalue weighted by Crippen LogP contribution is 2.38. The Balaban J connectivity index is 1.57. The molecule has 28 heavy (non-hydrogen) atoms. The van der Waals surface area contributed by atoms with Crippen molar-refractivity contribution in [3.05, 3.63) is 23.3 Å². The Hall–Kier alpha value is -2.05. The van der Waals surface area contributed by atoms with E-state index in [4.69, 9.17) is 19.2 Å².